The first-order valence-corrected chi connectivity index (χ1v) is 6.66. The molecular weight excluding hydrogens is 303 g/mol. The van der Waals surface area contributed by atoms with E-state index < -0.39 is 11.6 Å². The fourth-order valence-corrected chi connectivity index (χ4v) is 1.78. The van der Waals surface area contributed by atoms with Crippen LogP contribution in [0.5, 0.6) is 0 Å². The summed E-state index contributed by atoms with van der Waals surface area (Å²) in [5.74, 6) is -1.50. The highest BCUT2D eigenvalue weighted by Gasteiger charge is 2.11. The molecule has 0 bridgehead atoms. The second-order valence-electron chi connectivity index (χ2n) is 4.57. The molecule has 1 heterocycles. The Bertz CT molecular complexity index is 754. The van der Waals surface area contributed by atoms with Gasteiger partial charge in [-0.2, -0.15) is 5.10 Å². The van der Waals surface area contributed by atoms with Crippen LogP contribution in [0.2, 0.25) is 0 Å². The van der Waals surface area contributed by atoms with E-state index in [0.29, 0.717) is 5.69 Å². The number of azo groups is 1. The number of aliphatic hydroxyl groups excluding tert-OH is 1. The van der Waals surface area contributed by atoms with Gasteiger partial charge in [0.15, 0.2) is 17.3 Å². The van der Waals surface area contributed by atoms with Crippen molar-refractivity contribution in [1.82, 2.24) is 9.78 Å². The molecule has 0 saturated heterocycles. The summed E-state index contributed by atoms with van der Waals surface area (Å²) in [5.41, 5.74) is 0.184. The maximum Gasteiger partial charge on any atom is 0.183 e. The summed E-state index contributed by atoms with van der Waals surface area (Å²) in [6.45, 7) is 1.03. The summed E-state index contributed by atoms with van der Waals surface area (Å²) in [7, 11) is 1.36. The van der Waals surface area contributed by atoms with Gasteiger partial charge in [0.1, 0.15) is 18.1 Å². The summed E-state index contributed by atoms with van der Waals surface area (Å²) < 4.78 is 20.3. The maximum absolute atomic E-state index is 14.1. The third-order valence-electron chi connectivity index (χ3n) is 2.85. The Hall–Kier alpha value is -2.87. The molecule has 7 nitrogen and oxygen atoms in total. The van der Waals surface area contributed by atoms with Crippen LogP contribution in [0.15, 0.2) is 58.3 Å². The minimum absolute atomic E-state index is 0.0649. The van der Waals surface area contributed by atoms with Gasteiger partial charge in [0.05, 0.1) is 5.69 Å². The van der Waals surface area contributed by atoms with Crippen LogP contribution in [0.3, 0.4) is 0 Å². The van der Waals surface area contributed by atoms with Gasteiger partial charge in [-0.05, 0) is 18.2 Å². The molecule has 0 atom stereocenters. The van der Waals surface area contributed by atoms with Crippen molar-refractivity contribution in [2.45, 2.75) is 6.92 Å². The zero-order valence-corrected chi connectivity index (χ0v) is 12.6. The van der Waals surface area contributed by atoms with Gasteiger partial charge >= 0.3 is 0 Å². The lowest BCUT2D eigenvalue weighted by molar-refractivity contribution is -0.113. The average Bonchev–Trinajstić information content (AvgIpc) is 3.03. The highest BCUT2D eigenvalue weighted by atomic mass is 19.1. The number of carbonyl (C=O) groups excluding carboxylic acids is 1. The highest BCUT2D eigenvalue weighted by Crippen LogP contribution is 2.22. The van der Waals surface area contributed by atoms with Crippen LogP contribution in [0.25, 0.3) is 5.69 Å². The molecular formula is C15H15FN4O3. The number of rotatable bonds is 6. The van der Waals surface area contributed by atoms with Crippen LogP contribution in [0.4, 0.5) is 10.1 Å². The van der Waals surface area contributed by atoms with Gasteiger partial charge in [-0.3, -0.25) is 4.79 Å². The maximum atomic E-state index is 14.1. The van der Waals surface area contributed by atoms with Crippen molar-refractivity contribution in [3.05, 3.63) is 53.9 Å². The van der Waals surface area contributed by atoms with Gasteiger partial charge in [-0.15, -0.1) is 10.2 Å². The largest absolute Gasteiger partial charge is 0.507 e. The van der Waals surface area contributed by atoms with Gasteiger partial charge < -0.3 is 9.84 Å². The number of ketones is 1. The number of hydrogen-bond acceptors (Lipinski definition) is 6. The van der Waals surface area contributed by atoms with Gasteiger partial charge in [0, 0.05) is 32.5 Å². The zero-order chi connectivity index (χ0) is 16.8. The van der Waals surface area contributed by atoms with Crippen molar-refractivity contribution in [3.63, 3.8) is 0 Å². The summed E-state index contributed by atoms with van der Waals surface area (Å²) >= 11 is 0. The average molecular weight is 318 g/mol. The van der Waals surface area contributed by atoms with Gasteiger partial charge in [-0.1, -0.05) is 0 Å². The van der Waals surface area contributed by atoms with Crippen LogP contribution >= 0.6 is 0 Å². The second kappa shape index (κ2) is 7.41. The van der Waals surface area contributed by atoms with Crippen LogP contribution in [-0.4, -0.2) is 34.4 Å². The second-order valence-corrected chi connectivity index (χ2v) is 4.57. The number of hydrogen-bond donors (Lipinski definition) is 1. The first-order chi connectivity index (χ1) is 11.0. The molecule has 0 saturated carbocycles. The number of benzene rings is 1. The quantitative estimate of drug-likeness (QED) is 0.503. The van der Waals surface area contributed by atoms with E-state index in [0.717, 1.165) is 0 Å². The topological polar surface area (TPSA) is 89.1 Å². The van der Waals surface area contributed by atoms with E-state index in [1.54, 1.807) is 24.5 Å². The number of ether oxygens (including phenoxy) is 1. The van der Waals surface area contributed by atoms with E-state index in [2.05, 4.69) is 15.3 Å². The molecule has 0 fully saturated rings. The third-order valence-corrected chi connectivity index (χ3v) is 2.85. The molecule has 2 aromatic rings. The molecule has 1 aromatic carbocycles. The molecule has 23 heavy (non-hydrogen) atoms. The number of methoxy groups -OCH3 is 1. The minimum Gasteiger partial charge on any atom is -0.507 e. The summed E-state index contributed by atoms with van der Waals surface area (Å²) in [6, 6.07) is 5.97. The van der Waals surface area contributed by atoms with E-state index >= 15 is 0 Å². The Morgan fingerprint density at radius 1 is 1.48 bits per heavy atom. The number of halogens is 1. The number of aromatic nitrogens is 2. The van der Waals surface area contributed by atoms with Crippen molar-refractivity contribution in [3.8, 4) is 5.69 Å². The highest BCUT2D eigenvalue weighted by molar-refractivity contribution is 5.93. The number of aliphatic hydroxyl groups is 1. The number of carbonyl (C=O) groups is 1. The molecule has 0 spiro atoms. The monoisotopic (exact) mass is 318 g/mol. The molecule has 1 aromatic heterocycles. The summed E-state index contributed by atoms with van der Waals surface area (Å²) in [5, 5.41) is 21.0. The van der Waals surface area contributed by atoms with E-state index in [-0.39, 0.29) is 23.8 Å². The van der Waals surface area contributed by atoms with Crippen molar-refractivity contribution in [2.24, 2.45) is 10.2 Å². The first kappa shape index (κ1) is 16.5. The van der Waals surface area contributed by atoms with Crippen molar-refractivity contribution >= 4 is 11.5 Å². The zero-order valence-electron chi connectivity index (χ0n) is 12.6. The van der Waals surface area contributed by atoms with Crippen molar-refractivity contribution < 1.29 is 19.0 Å². The van der Waals surface area contributed by atoms with Crippen LogP contribution in [0.1, 0.15) is 6.92 Å². The molecule has 0 aliphatic rings. The molecule has 0 unspecified atom stereocenters. The van der Waals surface area contributed by atoms with Gasteiger partial charge in [-0.25, -0.2) is 9.07 Å². The summed E-state index contributed by atoms with van der Waals surface area (Å²) in [4.78, 5) is 11.4. The fraction of sp³-hybridized carbons (Fsp3) is 0.200. The van der Waals surface area contributed by atoms with E-state index in [4.69, 9.17) is 4.74 Å². The lowest BCUT2D eigenvalue weighted by Gasteiger charge is -2.04. The smallest absolute Gasteiger partial charge is 0.183 e. The SMILES string of the molecule is COCC(O)=C(N=Nc1ccc(-n2cccn2)cc1F)C(C)=O. The molecule has 2 rings (SSSR count). The van der Waals surface area contributed by atoms with Crippen molar-refractivity contribution in [2.75, 3.05) is 13.7 Å². The Morgan fingerprint density at radius 2 is 2.26 bits per heavy atom. The van der Waals surface area contributed by atoms with E-state index in [9.17, 15) is 14.3 Å². The van der Waals surface area contributed by atoms with Gasteiger partial charge in [0.2, 0.25) is 0 Å². The fourth-order valence-electron chi connectivity index (χ4n) is 1.78. The number of nitrogens with zero attached hydrogens (tertiary/aromatic N) is 4. The third kappa shape index (κ3) is 4.07. The number of allylic oxidation sites excluding steroid dienone is 1. The first-order valence-electron chi connectivity index (χ1n) is 6.66. The van der Waals surface area contributed by atoms with Gasteiger partial charge in [0.25, 0.3) is 0 Å². The lowest BCUT2D eigenvalue weighted by atomic mass is 10.2. The molecule has 0 aliphatic heterocycles. The summed E-state index contributed by atoms with van der Waals surface area (Å²) in [6.07, 6.45) is 3.25. The Kier molecular flexibility index (Phi) is 5.32. The predicted molar refractivity (Wildman–Crippen MR) is 80.2 cm³/mol. The van der Waals surface area contributed by atoms with E-state index in [1.165, 1.54) is 30.8 Å². The van der Waals surface area contributed by atoms with E-state index in [1.807, 2.05) is 0 Å². The molecule has 120 valence electrons. The minimum atomic E-state index is -0.629. The van der Waals surface area contributed by atoms with Crippen LogP contribution in [-0.2, 0) is 9.53 Å². The Morgan fingerprint density at radius 3 is 2.83 bits per heavy atom. The molecule has 0 radical (unpaired) electrons. The molecule has 8 heteroatoms. The normalized spacial score (nSPS) is 12.5. The van der Waals surface area contributed by atoms with Crippen molar-refractivity contribution in [1.29, 1.82) is 0 Å². The Labute approximate surface area is 131 Å². The lowest BCUT2D eigenvalue weighted by Crippen LogP contribution is -2.03. The number of Topliss-reactive ketones (excluding diaryl/α,β-unsaturated/α-hetero) is 1. The molecule has 1 N–H and O–H groups in total. The van der Waals surface area contributed by atoms with Crippen LogP contribution in [0, 0.1) is 5.82 Å². The standard InChI is InChI=1S/C15H15FN4O3/c1-10(21)15(14(22)9-23-2)19-18-13-5-4-11(8-12(13)16)20-7-3-6-17-20/h3-8,22H,9H2,1-2H3. The predicted octanol–water partition coefficient (Wildman–Crippen LogP) is 3.10. The Balaban J connectivity index is 2.29. The molecule has 0 amide bonds. The molecule has 0 aliphatic carbocycles. The van der Waals surface area contributed by atoms with Crippen LogP contribution < -0.4 is 0 Å².